The molecular formula is C16H21ClN2. The number of nitrogens with one attached hydrogen (secondary N) is 1. The van der Waals surface area contributed by atoms with E-state index in [4.69, 9.17) is 17.3 Å². The zero-order valence-electron chi connectivity index (χ0n) is 11.4. The first-order valence-electron chi connectivity index (χ1n) is 7.20. The van der Waals surface area contributed by atoms with Crippen LogP contribution in [0.2, 0.25) is 5.02 Å². The third kappa shape index (κ3) is 2.39. The fourth-order valence-corrected chi connectivity index (χ4v) is 3.65. The molecular weight excluding hydrogens is 256 g/mol. The van der Waals surface area contributed by atoms with Gasteiger partial charge in [0.1, 0.15) is 0 Å². The van der Waals surface area contributed by atoms with E-state index in [0.717, 1.165) is 10.5 Å². The number of fused-ring (bicyclic) bond motifs is 1. The molecule has 1 saturated carbocycles. The predicted molar refractivity (Wildman–Crippen MR) is 81.5 cm³/mol. The third-order valence-corrected chi connectivity index (χ3v) is 4.72. The van der Waals surface area contributed by atoms with Gasteiger partial charge < -0.3 is 10.7 Å². The number of nitrogens with two attached hydrogens (primary N) is 1. The molecule has 0 bridgehead atoms. The van der Waals surface area contributed by atoms with E-state index in [-0.39, 0.29) is 6.04 Å². The number of hydrogen-bond donors (Lipinski definition) is 2. The van der Waals surface area contributed by atoms with Crippen LogP contribution in [-0.2, 0) is 0 Å². The van der Waals surface area contributed by atoms with Gasteiger partial charge in [0, 0.05) is 27.7 Å². The summed E-state index contributed by atoms with van der Waals surface area (Å²) < 4.78 is 0. The van der Waals surface area contributed by atoms with Crippen molar-refractivity contribution < 1.29 is 0 Å². The Hall–Kier alpha value is -0.990. The molecule has 1 aromatic heterocycles. The molecule has 1 aliphatic rings. The van der Waals surface area contributed by atoms with E-state index in [0.29, 0.717) is 5.92 Å². The zero-order chi connectivity index (χ0) is 13.4. The molecule has 1 fully saturated rings. The Kier molecular flexibility index (Phi) is 3.55. The van der Waals surface area contributed by atoms with Gasteiger partial charge in [-0.15, -0.1) is 0 Å². The molecule has 1 atom stereocenters. The highest BCUT2D eigenvalue weighted by Crippen LogP contribution is 2.37. The summed E-state index contributed by atoms with van der Waals surface area (Å²) >= 11 is 6.14. The van der Waals surface area contributed by atoms with Crippen LogP contribution in [0.1, 0.15) is 49.4 Å². The predicted octanol–water partition coefficient (Wildman–Crippen LogP) is 4.71. The van der Waals surface area contributed by atoms with Gasteiger partial charge in [0.05, 0.1) is 0 Å². The highest BCUT2D eigenvalue weighted by Gasteiger charge is 2.25. The van der Waals surface area contributed by atoms with Crippen molar-refractivity contribution in [2.24, 2.45) is 11.7 Å². The molecule has 2 aromatic rings. The van der Waals surface area contributed by atoms with Gasteiger partial charge in [-0.05, 0) is 49.4 Å². The van der Waals surface area contributed by atoms with Crippen LogP contribution < -0.4 is 5.73 Å². The van der Waals surface area contributed by atoms with E-state index in [9.17, 15) is 0 Å². The second-order valence-corrected chi connectivity index (χ2v) is 6.21. The van der Waals surface area contributed by atoms with Gasteiger partial charge >= 0.3 is 0 Å². The standard InChI is InChI=1S/C16H21ClN2/c1-10-15(16(18)11-5-3-2-4-6-11)13-9-12(17)7-8-14(13)19-10/h7-9,11,16,19H,2-6,18H2,1H3. The minimum atomic E-state index is 0.132. The second-order valence-electron chi connectivity index (χ2n) is 5.78. The van der Waals surface area contributed by atoms with E-state index in [1.165, 1.54) is 48.7 Å². The maximum atomic E-state index is 6.57. The van der Waals surface area contributed by atoms with Crippen molar-refractivity contribution in [2.75, 3.05) is 0 Å². The summed E-state index contributed by atoms with van der Waals surface area (Å²) in [5.41, 5.74) is 10.2. The summed E-state index contributed by atoms with van der Waals surface area (Å²) in [6.45, 7) is 2.12. The van der Waals surface area contributed by atoms with Crippen LogP contribution in [0, 0.1) is 12.8 Å². The molecule has 1 aliphatic carbocycles. The lowest BCUT2D eigenvalue weighted by molar-refractivity contribution is 0.308. The first kappa shape index (κ1) is 13.0. The smallest absolute Gasteiger partial charge is 0.0460 e. The van der Waals surface area contributed by atoms with Crippen molar-refractivity contribution in [3.63, 3.8) is 0 Å². The number of aromatic nitrogens is 1. The molecule has 0 spiro atoms. The molecule has 3 rings (SSSR count). The van der Waals surface area contributed by atoms with Crippen molar-refractivity contribution in [3.05, 3.63) is 34.5 Å². The van der Waals surface area contributed by atoms with E-state index in [2.05, 4.69) is 11.9 Å². The molecule has 1 aromatic carbocycles. The third-order valence-electron chi connectivity index (χ3n) is 4.49. The number of aromatic amines is 1. The Bertz CT molecular complexity index is 582. The monoisotopic (exact) mass is 276 g/mol. The molecule has 0 aliphatic heterocycles. The van der Waals surface area contributed by atoms with Gasteiger partial charge in [-0.25, -0.2) is 0 Å². The quantitative estimate of drug-likeness (QED) is 0.819. The normalized spacial score (nSPS) is 18.9. The Labute approximate surface area is 119 Å². The topological polar surface area (TPSA) is 41.8 Å². The second kappa shape index (κ2) is 5.18. The lowest BCUT2D eigenvalue weighted by Gasteiger charge is -2.28. The summed E-state index contributed by atoms with van der Waals surface area (Å²) in [5, 5.41) is 1.98. The first-order chi connectivity index (χ1) is 9.16. The number of H-pyrrole nitrogens is 1. The Morgan fingerprint density at radius 1 is 1.26 bits per heavy atom. The van der Waals surface area contributed by atoms with Crippen molar-refractivity contribution >= 4 is 22.5 Å². The van der Waals surface area contributed by atoms with Crippen molar-refractivity contribution in [1.29, 1.82) is 0 Å². The maximum absolute atomic E-state index is 6.57. The lowest BCUT2D eigenvalue weighted by Crippen LogP contribution is -2.24. The highest BCUT2D eigenvalue weighted by molar-refractivity contribution is 6.31. The van der Waals surface area contributed by atoms with E-state index < -0.39 is 0 Å². The first-order valence-corrected chi connectivity index (χ1v) is 7.58. The van der Waals surface area contributed by atoms with Gasteiger partial charge in [-0.3, -0.25) is 0 Å². The summed E-state index contributed by atoms with van der Waals surface area (Å²) in [7, 11) is 0. The molecule has 0 radical (unpaired) electrons. The average Bonchev–Trinajstić information content (AvgIpc) is 2.74. The summed E-state index contributed by atoms with van der Waals surface area (Å²) in [6.07, 6.45) is 6.52. The molecule has 1 unspecified atom stereocenters. The lowest BCUT2D eigenvalue weighted by atomic mass is 9.81. The maximum Gasteiger partial charge on any atom is 0.0460 e. The van der Waals surface area contributed by atoms with E-state index >= 15 is 0 Å². The SMILES string of the molecule is Cc1[nH]c2ccc(Cl)cc2c1C(N)C1CCCCC1. The number of hydrogen-bond acceptors (Lipinski definition) is 1. The van der Waals surface area contributed by atoms with E-state index in [1.54, 1.807) is 0 Å². The molecule has 19 heavy (non-hydrogen) atoms. The van der Waals surface area contributed by atoms with Crippen LogP contribution in [0.4, 0.5) is 0 Å². The Balaban J connectivity index is 2.02. The minimum Gasteiger partial charge on any atom is -0.358 e. The number of rotatable bonds is 2. The molecule has 2 nitrogen and oxygen atoms in total. The molecule has 102 valence electrons. The largest absolute Gasteiger partial charge is 0.358 e. The van der Waals surface area contributed by atoms with Crippen molar-refractivity contribution in [3.8, 4) is 0 Å². The van der Waals surface area contributed by atoms with Crippen LogP contribution in [0.15, 0.2) is 18.2 Å². The van der Waals surface area contributed by atoms with Gasteiger partial charge in [-0.1, -0.05) is 30.9 Å². The van der Waals surface area contributed by atoms with Crippen molar-refractivity contribution in [1.82, 2.24) is 4.98 Å². The number of benzene rings is 1. The summed E-state index contributed by atoms with van der Waals surface area (Å²) in [6, 6.07) is 6.14. The van der Waals surface area contributed by atoms with Crippen LogP contribution in [-0.4, -0.2) is 4.98 Å². The fraction of sp³-hybridized carbons (Fsp3) is 0.500. The van der Waals surface area contributed by atoms with Gasteiger partial charge in [0.2, 0.25) is 0 Å². The van der Waals surface area contributed by atoms with Crippen LogP contribution in [0.5, 0.6) is 0 Å². The minimum absolute atomic E-state index is 0.132. The number of aryl methyl sites for hydroxylation is 1. The van der Waals surface area contributed by atoms with Crippen LogP contribution in [0.3, 0.4) is 0 Å². The van der Waals surface area contributed by atoms with Gasteiger partial charge in [0.15, 0.2) is 0 Å². The van der Waals surface area contributed by atoms with E-state index in [1.807, 2.05) is 18.2 Å². The summed E-state index contributed by atoms with van der Waals surface area (Å²) in [4.78, 5) is 3.44. The molecule has 0 saturated heterocycles. The zero-order valence-corrected chi connectivity index (χ0v) is 12.1. The fourth-order valence-electron chi connectivity index (χ4n) is 3.48. The van der Waals surface area contributed by atoms with Crippen LogP contribution >= 0.6 is 11.6 Å². The van der Waals surface area contributed by atoms with Crippen molar-refractivity contribution in [2.45, 2.75) is 45.1 Å². The molecule has 3 N–H and O–H groups in total. The van der Waals surface area contributed by atoms with Gasteiger partial charge in [0.25, 0.3) is 0 Å². The van der Waals surface area contributed by atoms with Crippen LogP contribution in [0.25, 0.3) is 10.9 Å². The highest BCUT2D eigenvalue weighted by atomic mass is 35.5. The Morgan fingerprint density at radius 3 is 2.74 bits per heavy atom. The van der Waals surface area contributed by atoms with Gasteiger partial charge in [-0.2, -0.15) is 0 Å². The molecule has 3 heteroatoms. The molecule has 1 heterocycles. The Morgan fingerprint density at radius 2 is 2.00 bits per heavy atom. The average molecular weight is 277 g/mol. The molecule has 0 amide bonds. The summed E-state index contributed by atoms with van der Waals surface area (Å²) in [5.74, 6) is 0.616. The number of halogens is 1.